The number of amides is 1. The van der Waals surface area contributed by atoms with Crippen molar-refractivity contribution in [1.29, 1.82) is 0 Å². The minimum absolute atomic E-state index is 0.196. The van der Waals surface area contributed by atoms with Gasteiger partial charge in [0.15, 0.2) is 17.5 Å². The fourth-order valence-electron chi connectivity index (χ4n) is 4.34. The van der Waals surface area contributed by atoms with Crippen molar-refractivity contribution in [3.05, 3.63) is 23.3 Å². The standard InChI is InChI=1S/C23H36N4O3/c1-4-24-23(26-12-11-25-22(28)17-8-6-5-7-9-17)27-13-10-18-14-20(29-2)21(30-3)15-19(18)16-27/h14-15,17H,4-13,16H2,1-3H3,(H,24,26)(H,25,28). The molecule has 0 atom stereocenters. The molecule has 1 aliphatic heterocycles. The summed E-state index contributed by atoms with van der Waals surface area (Å²) in [5.41, 5.74) is 2.52. The molecular formula is C23H36N4O3. The zero-order chi connectivity index (χ0) is 21.3. The van der Waals surface area contributed by atoms with Crippen molar-refractivity contribution in [1.82, 2.24) is 15.5 Å². The van der Waals surface area contributed by atoms with E-state index in [1.807, 2.05) is 0 Å². The van der Waals surface area contributed by atoms with Crippen LogP contribution in [0.3, 0.4) is 0 Å². The number of ether oxygens (including phenoxy) is 2. The van der Waals surface area contributed by atoms with Crippen LogP contribution in [0, 0.1) is 5.92 Å². The molecule has 0 spiro atoms. The van der Waals surface area contributed by atoms with Gasteiger partial charge in [0.2, 0.25) is 5.91 Å². The molecule has 1 heterocycles. The Morgan fingerprint density at radius 2 is 1.80 bits per heavy atom. The van der Waals surface area contributed by atoms with E-state index in [1.165, 1.54) is 30.4 Å². The van der Waals surface area contributed by atoms with Crippen LogP contribution in [0.25, 0.3) is 0 Å². The van der Waals surface area contributed by atoms with Crippen LogP contribution in [0.2, 0.25) is 0 Å². The Kier molecular flexibility index (Phi) is 8.22. The van der Waals surface area contributed by atoms with Crippen molar-refractivity contribution in [2.45, 2.75) is 52.0 Å². The fraction of sp³-hybridized carbons (Fsp3) is 0.652. The van der Waals surface area contributed by atoms with Crippen molar-refractivity contribution in [3.8, 4) is 11.5 Å². The number of fused-ring (bicyclic) bond motifs is 1. The quantitative estimate of drug-likeness (QED) is 0.406. The molecular weight excluding hydrogens is 380 g/mol. The molecule has 1 amide bonds. The summed E-state index contributed by atoms with van der Waals surface area (Å²) in [6, 6.07) is 4.14. The molecule has 1 saturated carbocycles. The van der Waals surface area contributed by atoms with Crippen LogP contribution in [-0.2, 0) is 17.8 Å². The number of methoxy groups -OCH3 is 2. The van der Waals surface area contributed by atoms with Gasteiger partial charge in [0.1, 0.15) is 0 Å². The summed E-state index contributed by atoms with van der Waals surface area (Å²) >= 11 is 0. The van der Waals surface area contributed by atoms with Gasteiger partial charge in [0.25, 0.3) is 0 Å². The molecule has 0 radical (unpaired) electrons. The maximum atomic E-state index is 12.3. The second-order valence-electron chi connectivity index (χ2n) is 8.01. The Labute approximate surface area is 180 Å². The highest BCUT2D eigenvalue weighted by Gasteiger charge is 2.22. The zero-order valence-corrected chi connectivity index (χ0v) is 18.6. The predicted molar refractivity (Wildman–Crippen MR) is 119 cm³/mol. The van der Waals surface area contributed by atoms with Crippen molar-refractivity contribution in [2.24, 2.45) is 10.9 Å². The van der Waals surface area contributed by atoms with Crippen LogP contribution in [0.5, 0.6) is 11.5 Å². The summed E-state index contributed by atoms with van der Waals surface area (Å²) in [5, 5.41) is 6.47. The van der Waals surface area contributed by atoms with Crippen LogP contribution in [0.4, 0.5) is 0 Å². The first kappa shape index (κ1) is 22.2. The van der Waals surface area contributed by atoms with E-state index >= 15 is 0 Å². The van der Waals surface area contributed by atoms with Gasteiger partial charge in [0, 0.05) is 32.1 Å². The van der Waals surface area contributed by atoms with E-state index in [4.69, 9.17) is 14.5 Å². The number of benzene rings is 1. The molecule has 7 heteroatoms. The number of nitrogens with zero attached hydrogens (tertiary/aromatic N) is 2. The number of nitrogens with one attached hydrogen (secondary N) is 2. The van der Waals surface area contributed by atoms with E-state index in [0.29, 0.717) is 13.1 Å². The molecule has 0 aromatic heterocycles. The number of hydrogen-bond acceptors (Lipinski definition) is 4. The van der Waals surface area contributed by atoms with Crippen molar-refractivity contribution < 1.29 is 14.3 Å². The highest BCUT2D eigenvalue weighted by Crippen LogP contribution is 2.33. The molecule has 0 unspecified atom stereocenters. The van der Waals surface area contributed by atoms with Crippen molar-refractivity contribution in [2.75, 3.05) is 40.4 Å². The number of carbonyl (C=O) groups excluding carboxylic acids is 1. The molecule has 3 rings (SSSR count). The molecule has 1 aromatic carbocycles. The largest absolute Gasteiger partial charge is 0.493 e. The second-order valence-corrected chi connectivity index (χ2v) is 8.01. The maximum Gasteiger partial charge on any atom is 0.223 e. The summed E-state index contributed by atoms with van der Waals surface area (Å²) in [6.45, 7) is 5.71. The fourth-order valence-corrected chi connectivity index (χ4v) is 4.34. The van der Waals surface area contributed by atoms with E-state index in [-0.39, 0.29) is 11.8 Å². The Bertz CT molecular complexity index is 744. The van der Waals surface area contributed by atoms with Crippen LogP contribution < -0.4 is 20.1 Å². The van der Waals surface area contributed by atoms with Gasteiger partial charge in [-0.2, -0.15) is 0 Å². The molecule has 166 valence electrons. The number of hydrogen-bond donors (Lipinski definition) is 2. The van der Waals surface area contributed by atoms with Crippen LogP contribution in [0.1, 0.15) is 50.2 Å². The van der Waals surface area contributed by atoms with Crippen molar-refractivity contribution >= 4 is 11.9 Å². The van der Waals surface area contributed by atoms with Gasteiger partial charge in [-0.1, -0.05) is 19.3 Å². The minimum atomic E-state index is 0.196. The highest BCUT2D eigenvalue weighted by molar-refractivity contribution is 5.81. The molecule has 0 saturated heterocycles. The smallest absolute Gasteiger partial charge is 0.223 e. The molecule has 1 aromatic rings. The molecule has 7 nitrogen and oxygen atoms in total. The monoisotopic (exact) mass is 416 g/mol. The van der Waals surface area contributed by atoms with Gasteiger partial charge in [-0.3, -0.25) is 9.79 Å². The summed E-state index contributed by atoms with van der Waals surface area (Å²) < 4.78 is 10.9. The van der Waals surface area contributed by atoms with Crippen LogP contribution in [0.15, 0.2) is 17.1 Å². The average Bonchev–Trinajstić information content (AvgIpc) is 2.80. The molecule has 1 fully saturated rings. The van der Waals surface area contributed by atoms with Crippen LogP contribution >= 0.6 is 0 Å². The Morgan fingerprint density at radius 3 is 2.47 bits per heavy atom. The van der Waals surface area contributed by atoms with Gasteiger partial charge in [-0.15, -0.1) is 0 Å². The van der Waals surface area contributed by atoms with Crippen molar-refractivity contribution in [3.63, 3.8) is 0 Å². The molecule has 1 aliphatic carbocycles. The highest BCUT2D eigenvalue weighted by atomic mass is 16.5. The Balaban J connectivity index is 1.58. The minimum Gasteiger partial charge on any atom is -0.493 e. The number of carbonyl (C=O) groups is 1. The molecule has 2 N–H and O–H groups in total. The Hall–Kier alpha value is -2.44. The molecule has 2 aliphatic rings. The van der Waals surface area contributed by atoms with E-state index in [2.05, 4.69) is 34.6 Å². The predicted octanol–water partition coefficient (Wildman–Crippen LogP) is 2.72. The first-order valence-electron chi connectivity index (χ1n) is 11.2. The van der Waals surface area contributed by atoms with Gasteiger partial charge in [-0.25, -0.2) is 0 Å². The maximum absolute atomic E-state index is 12.3. The average molecular weight is 417 g/mol. The lowest BCUT2D eigenvalue weighted by Crippen LogP contribution is -2.44. The van der Waals surface area contributed by atoms with E-state index in [0.717, 1.165) is 56.4 Å². The van der Waals surface area contributed by atoms with Gasteiger partial charge < -0.3 is 25.0 Å². The summed E-state index contributed by atoms with van der Waals surface area (Å²) in [6.07, 6.45) is 6.59. The number of guanidine groups is 1. The summed E-state index contributed by atoms with van der Waals surface area (Å²) in [4.78, 5) is 19.3. The first-order valence-corrected chi connectivity index (χ1v) is 11.2. The van der Waals surface area contributed by atoms with Crippen LogP contribution in [-0.4, -0.2) is 57.2 Å². The normalized spacial score (nSPS) is 17.3. The lowest BCUT2D eigenvalue weighted by molar-refractivity contribution is -0.125. The van der Waals surface area contributed by atoms with Gasteiger partial charge in [-0.05, 0) is 49.4 Å². The lowest BCUT2D eigenvalue weighted by atomic mass is 9.89. The first-order chi connectivity index (χ1) is 14.7. The van der Waals surface area contributed by atoms with Gasteiger partial charge >= 0.3 is 0 Å². The molecule has 0 bridgehead atoms. The number of rotatable bonds is 7. The summed E-state index contributed by atoms with van der Waals surface area (Å²) in [7, 11) is 3.33. The zero-order valence-electron chi connectivity index (χ0n) is 18.6. The SMILES string of the molecule is CCNC(=NCCNC(=O)C1CCCCC1)N1CCc2cc(OC)c(OC)cc2C1. The third-order valence-electron chi connectivity index (χ3n) is 6.00. The topological polar surface area (TPSA) is 75.2 Å². The number of aliphatic imine (C=N–C) groups is 1. The van der Waals surface area contributed by atoms with Gasteiger partial charge in [0.05, 0.1) is 20.8 Å². The van der Waals surface area contributed by atoms with E-state index in [1.54, 1.807) is 14.2 Å². The Morgan fingerprint density at radius 1 is 1.10 bits per heavy atom. The molecule has 30 heavy (non-hydrogen) atoms. The van der Waals surface area contributed by atoms with E-state index in [9.17, 15) is 4.79 Å². The van der Waals surface area contributed by atoms with E-state index < -0.39 is 0 Å². The lowest BCUT2D eigenvalue weighted by Gasteiger charge is -2.32. The third-order valence-corrected chi connectivity index (χ3v) is 6.00. The second kappa shape index (κ2) is 11.1. The summed E-state index contributed by atoms with van der Waals surface area (Å²) in [5.74, 6) is 2.82. The third kappa shape index (κ3) is 5.58.